The Morgan fingerprint density at radius 3 is 2.52 bits per heavy atom. The van der Waals surface area contributed by atoms with Crippen molar-refractivity contribution in [1.29, 1.82) is 0 Å². The van der Waals surface area contributed by atoms with Crippen molar-refractivity contribution in [2.24, 2.45) is 0 Å². The highest BCUT2D eigenvalue weighted by Crippen LogP contribution is 2.27. The van der Waals surface area contributed by atoms with Crippen LogP contribution in [0.1, 0.15) is 44.7 Å². The third kappa shape index (κ3) is 7.25. The monoisotopic (exact) mass is 508 g/mol. The zero-order valence-electron chi connectivity index (χ0n) is 18.3. The molecule has 1 atom stereocenters. The molecule has 0 unspecified atom stereocenters. The Kier molecular flexibility index (Phi) is 10.3. The van der Waals surface area contributed by atoms with E-state index >= 15 is 0 Å². The van der Waals surface area contributed by atoms with Crippen LogP contribution >= 0.6 is 27.5 Å². The summed E-state index contributed by atoms with van der Waals surface area (Å²) in [7, 11) is 0. The standard InChI is InChI=1S/C24H30BrClN2O3/c1-4-13-27-24(30)21(6-3)28(15-18-9-7-8-10-20(18)26)23(29)16-31-22-12-11-17(5-2)14-19(22)25/h7-12,14,21H,4-6,13,15-16H2,1-3H3,(H,27,30)/t21-/m1/s1. The lowest BCUT2D eigenvalue weighted by Crippen LogP contribution is -2.50. The average molecular weight is 510 g/mol. The van der Waals surface area contributed by atoms with Gasteiger partial charge in [0.15, 0.2) is 6.61 Å². The van der Waals surface area contributed by atoms with E-state index in [4.69, 9.17) is 16.3 Å². The molecule has 0 saturated heterocycles. The second-order valence-electron chi connectivity index (χ2n) is 7.24. The second-order valence-corrected chi connectivity index (χ2v) is 8.50. The Balaban J connectivity index is 2.22. The molecule has 0 heterocycles. The summed E-state index contributed by atoms with van der Waals surface area (Å²) in [5.41, 5.74) is 1.96. The lowest BCUT2D eigenvalue weighted by atomic mass is 10.1. The van der Waals surface area contributed by atoms with Gasteiger partial charge in [0.25, 0.3) is 5.91 Å². The first-order chi connectivity index (χ1) is 14.9. The van der Waals surface area contributed by atoms with Crippen LogP contribution < -0.4 is 10.1 Å². The molecule has 0 aliphatic rings. The van der Waals surface area contributed by atoms with Gasteiger partial charge in [0.2, 0.25) is 5.91 Å². The number of halogens is 2. The van der Waals surface area contributed by atoms with Crippen LogP contribution in [0.15, 0.2) is 46.9 Å². The fourth-order valence-corrected chi connectivity index (χ4v) is 3.94. The van der Waals surface area contributed by atoms with E-state index in [9.17, 15) is 9.59 Å². The van der Waals surface area contributed by atoms with Crippen LogP contribution in [-0.2, 0) is 22.6 Å². The fraction of sp³-hybridized carbons (Fsp3) is 0.417. The molecule has 0 radical (unpaired) electrons. The number of carbonyl (C=O) groups excluding carboxylic acids is 2. The minimum Gasteiger partial charge on any atom is -0.483 e. The first kappa shape index (κ1) is 25.2. The van der Waals surface area contributed by atoms with Gasteiger partial charge in [-0.3, -0.25) is 9.59 Å². The molecule has 0 saturated carbocycles. The predicted octanol–water partition coefficient (Wildman–Crippen LogP) is 5.38. The van der Waals surface area contributed by atoms with Crippen molar-refractivity contribution in [2.45, 2.75) is 52.6 Å². The minimum absolute atomic E-state index is 0.168. The zero-order chi connectivity index (χ0) is 22.8. The highest BCUT2D eigenvalue weighted by Gasteiger charge is 2.29. The maximum atomic E-state index is 13.2. The number of amides is 2. The number of carbonyl (C=O) groups is 2. The van der Waals surface area contributed by atoms with Gasteiger partial charge < -0.3 is 15.0 Å². The molecule has 0 fully saturated rings. The van der Waals surface area contributed by atoms with Gasteiger partial charge in [-0.15, -0.1) is 0 Å². The van der Waals surface area contributed by atoms with Crippen LogP contribution in [0.25, 0.3) is 0 Å². The molecule has 0 bridgehead atoms. The van der Waals surface area contributed by atoms with Gasteiger partial charge in [0.1, 0.15) is 11.8 Å². The van der Waals surface area contributed by atoms with Gasteiger partial charge in [-0.05, 0) is 64.5 Å². The summed E-state index contributed by atoms with van der Waals surface area (Å²) in [6.07, 6.45) is 2.22. The number of aryl methyl sites for hydroxylation is 1. The predicted molar refractivity (Wildman–Crippen MR) is 128 cm³/mol. The summed E-state index contributed by atoms with van der Waals surface area (Å²) in [6.45, 7) is 6.58. The van der Waals surface area contributed by atoms with Crippen LogP contribution in [0.4, 0.5) is 0 Å². The molecule has 0 aromatic heterocycles. The average Bonchev–Trinajstić information content (AvgIpc) is 2.77. The Morgan fingerprint density at radius 2 is 1.90 bits per heavy atom. The van der Waals surface area contributed by atoms with E-state index < -0.39 is 6.04 Å². The van der Waals surface area contributed by atoms with Gasteiger partial charge in [0, 0.05) is 18.1 Å². The highest BCUT2D eigenvalue weighted by molar-refractivity contribution is 9.10. The largest absolute Gasteiger partial charge is 0.483 e. The van der Waals surface area contributed by atoms with Gasteiger partial charge in [-0.25, -0.2) is 0 Å². The molecule has 2 rings (SSSR count). The van der Waals surface area contributed by atoms with Crippen molar-refractivity contribution in [2.75, 3.05) is 13.2 Å². The van der Waals surface area contributed by atoms with Crippen molar-refractivity contribution in [3.05, 3.63) is 63.1 Å². The van der Waals surface area contributed by atoms with Crippen molar-refractivity contribution in [1.82, 2.24) is 10.2 Å². The molecule has 7 heteroatoms. The summed E-state index contributed by atoms with van der Waals surface area (Å²) in [6, 6.07) is 12.5. The number of hydrogen-bond donors (Lipinski definition) is 1. The van der Waals surface area contributed by atoms with Crippen molar-refractivity contribution in [3.8, 4) is 5.75 Å². The second kappa shape index (κ2) is 12.7. The lowest BCUT2D eigenvalue weighted by molar-refractivity contribution is -0.143. The van der Waals surface area contributed by atoms with Gasteiger partial charge >= 0.3 is 0 Å². The fourth-order valence-electron chi connectivity index (χ4n) is 3.20. The van der Waals surface area contributed by atoms with Crippen molar-refractivity contribution in [3.63, 3.8) is 0 Å². The highest BCUT2D eigenvalue weighted by atomic mass is 79.9. The molecule has 2 aromatic carbocycles. The lowest BCUT2D eigenvalue weighted by Gasteiger charge is -2.31. The van der Waals surface area contributed by atoms with E-state index in [1.54, 1.807) is 11.0 Å². The van der Waals surface area contributed by atoms with E-state index in [0.29, 0.717) is 23.7 Å². The van der Waals surface area contributed by atoms with Gasteiger partial charge in [-0.1, -0.05) is 56.6 Å². The Labute approximate surface area is 198 Å². The number of hydrogen-bond acceptors (Lipinski definition) is 3. The van der Waals surface area contributed by atoms with E-state index in [0.717, 1.165) is 22.9 Å². The van der Waals surface area contributed by atoms with Gasteiger partial charge in [-0.2, -0.15) is 0 Å². The Hall–Kier alpha value is -2.05. The van der Waals surface area contributed by atoms with E-state index in [1.165, 1.54) is 5.56 Å². The van der Waals surface area contributed by atoms with Crippen LogP contribution in [0.3, 0.4) is 0 Å². The quantitative estimate of drug-likeness (QED) is 0.443. The first-order valence-corrected chi connectivity index (χ1v) is 11.8. The number of benzene rings is 2. The molecule has 0 aliphatic heterocycles. The van der Waals surface area contributed by atoms with Crippen LogP contribution in [0, 0.1) is 0 Å². The van der Waals surface area contributed by atoms with Crippen molar-refractivity contribution >= 4 is 39.3 Å². The van der Waals surface area contributed by atoms with E-state index in [-0.39, 0.29) is 25.0 Å². The number of rotatable bonds is 11. The summed E-state index contributed by atoms with van der Waals surface area (Å²) in [5.74, 6) is 0.148. The van der Waals surface area contributed by atoms with Crippen molar-refractivity contribution < 1.29 is 14.3 Å². The van der Waals surface area contributed by atoms with Crippen LogP contribution in [0.5, 0.6) is 5.75 Å². The van der Waals surface area contributed by atoms with E-state index in [2.05, 4.69) is 28.2 Å². The summed E-state index contributed by atoms with van der Waals surface area (Å²) in [5, 5.41) is 3.46. The number of nitrogens with zero attached hydrogens (tertiary/aromatic N) is 1. The third-order valence-electron chi connectivity index (χ3n) is 4.99. The first-order valence-electron chi connectivity index (χ1n) is 10.6. The minimum atomic E-state index is -0.607. The maximum absolute atomic E-state index is 13.2. The summed E-state index contributed by atoms with van der Waals surface area (Å²) >= 11 is 9.83. The molecular weight excluding hydrogens is 480 g/mol. The molecule has 0 spiro atoms. The molecule has 168 valence electrons. The number of nitrogens with one attached hydrogen (secondary N) is 1. The molecule has 2 aromatic rings. The molecule has 0 aliphatic carbocycles. The zero-order valence-corrected chi connectivity index (χ0v) is 20.6. The summed E-state index contributed by atoms with van der Waals surface area (Å²) in [4.78, 5) is 27.5. The topological polar surface area (TPSA) is 58.6 Å². The molecular formula is C24H30BrClN2O3. The molecule has 31 heavy (non-hydrogen) atoms. The normalized spacial score (nSPS) is 11.6. The maximum Gasteiger partial charge on any atom is 0.261 e. The summed E-state index contributed by atoms with van der Waals surface area (Å²) < 4.78 is 6.60. The van der Waals surface area contributed by atoms with Gasteiger partial charge in [0.05, 0.1) is 4.47 Å². The number of ether oxygens (including phenoxy) is 1. The molecule has 1 N–H and O–H groups in total. The molecule has 5 nitrogen and oxygen atoms in total. The SMILES string of the molecule is CCCNC(=O)[C@@H](CC)N(Cc1ccccc1Cl)C(=O)COc1ccc(CC)cc1Br. The van der Waals surface area contributed by atoms with Crippen LogP contribution in [0.2, 0.25) is 5.02 Å². The van der Waals surface area contributed by atoms with Crippen LogP contribution in [-0.4, -0.2) is 35.9 Å². The van der Waals surface area contributed by atoms with E-state index in [1.807, 2.05) is 50.2 Å². The molecule has 2 amide bonds. The smallest absolute Gasteiger partial charge is 0.261 e. The Morgan fingerprint density at radius 1 is 1.16 bits per heavy atom. The Bertz CT molecular complexity index is 891. The third-order valence-corrected chi connectivity index (χ3v) is 5.98.